The summed E-state index contributed by atoms with van der Waals surface area (Å²) in [6.45, 7) is 0. The fourth-order valence-electron chi connectivity index (χ4n) is 1.84. The summed E-state index contributed by atoms with van der Waals surface area (Å²) < 4.78 is 36.9. The van der Waals surface area contributed by atoms with E-state index in [9.17, 15) is 18.0 Å². The third-order valence-corrected chi connectivity index (χ3v) is 3.90. The second kappa shape index (κ2) is 4.30. The molecule has 9 heteroatoms. The van der Waals surface area contributed by atoms with Crippen LogP contribution in [0.15, 0.2) is 17.8 Å². The standard InChI is InChI=1S/C11H9F3N4OS/c12-11(13,14)9(19)18-10(1-2-10)6-5-20-8(17-6)7-15-3-4-16-7/h3-5H,1-2H2,(H,15,16)(H,18,19). The van der Waals surface area contributed by atoms with Crippen molar-refractivity contribution < 1.29 is 18.0 Å². The van der Waals surface area contributed by atoms with Crippen LogP contribution in [0.5, 0.6) is 0 Å². The molecule has 2 aromatic rings. The first-order chi connectivity index (χ1) is 9.41. The number of amides is 1. The van der Waals surface area contributed by atoms with Crippen LogP contribution < -0.4 is 5.32 Å². The van der Waals surface area contributed by atoms with E-state index in [1.807, 2.05) is 5.32 Å². The third-order valence-electron chi connectivity index (χ3n) is 3.06. The second-order valence-electron chi connectivity index (χ2n) is 4.51. The maximum absolute atomic E-state index is 12.3. The largest absolute Gasteiger partial charge is 0.471 e. The lowest BCUT2D eigenvalue weighted by Crippen LogP contribution is -2.43. The van der Waals surface area contributed by atoms with Gasteiger partial charge in [-0.2, -0.15) is 13.2 Å². The number of halogens is 3. The normalized spacial score (nSPS) is 16.9. The van der Waals surface area contributed by atoms with Crippen molar-refractivity contribution in [3.8, 4) is 10.8 Å². The fraction of sp³-hybridized carbons (Fsp3) is 0.364. The monoisotopic (exact) mass is 302 g/mol. The van der Waals surface area contributed by atoms with E-state index in [1.54, 1.807) is 17.8 Å². The van der Waals surface area contributed by atoms with Crippen LogP contribution in [0.4, 0.5) is 13.2 Å². The Morgan fingerprint density at radius 3 is 2.75 bits per heavy atom. The Balaban J connectivity index is 1.81. The molecule has 0 spiro atoms. The highest BCUT2D eigenvalue weighted by Crippen LogP contribution is 2.46. The Morgan fingerprint density at radius 1 is 1.45 bits per heavy atom. The van der Waals surface area contributed by atoms with E-state index >= 15 is 0 Å². The van der Waals surface area contributed by atoms with E-state index in [-0.39, 0.29) is 0 Å². The Bertz CT molecular complexity index is 630. The maximum atomic E-state index is 12.3. The molecule has 1 saturated carbocycles. The van der Waals surface area contributed by atoms with Gasteiger partial charge in [-0.25, -0.2) is 9.97 Å². The van der Waals surface area contributed by atoms with Crippen molar-refractivity contribution in [1.29, 1.82) is 0 Å². The Labute approximate surface area is 115 Å². The molecule has 0 radical (unpaired) electrons. The van der Waals surface area contributed by atoms with Crippen molar-refractivity contribution >= 4 is 17.2 Å². The number of rotatable bonds is 3. The Hall–Kier alpha value is -1.90. The average Bonchev–Trinajstić information content (AvgIpc) is 2.87. The van der Waals surface area contributed by atoms with Gasteiger partial charge >= 0.3 is 12.1 Å². The highest BCUT2D eigenvalue weighted by Gasteiger charge is 2.52. The number of nitrogens with zero attached hydrogens (tertiary/aromatic N) is 2. The van der Waals surface area contributed by atoms with Crippen LogP contribution in [-0.2, 0) is 10.3 Å². The van der Waals surface area contributed by atoms with Crippen molar-refractivity contribution in [3.63, 3.8) is 0 Å². The molecule has 3 rings (SSSR count). The predicted molar refractivity (Wildman–Crippen MR) is 64.8 cm³/mol. The molecular weight excluding hydrogens is 293 g/mol. The minimum absolute atomic E-state index is 0.450. The molecule has 1 amide bonds. The number of thiazole rings is 1. The van der Waals surface area contributed by atoms with E-state index in [1.165, 1.54) is 11.3 Å². The van der Waals surface area contributed by atoms with Crippen molar-refractivity contribution in [2.75, 3.05) is 0 Å². The van der Waals surface area contributed by atoms with E-state index < -0.39 is 17.6 Å². The van der Waals surface area contributed by atoms with E-state index in [2.05, 4.69) is 15.0 Å². The number of aromatic nitrogens is 3. The average molecular weight is 302 g/mol. The number of H-pyrrole nitrogens is 1. The number of carbonyl (C=O) groups excluding carboxylic acids is 1. The van der Waals surface area contributed by atoms with E-state index in [4.69, 9.17) is 0 Å². The molecule has 0 aromatic carbocycles. The van der Waals surface area contributed by atoms with Crippen LogP contribution in [0.25, 0.3) is 10.8 Å². The van der Waals surface area contributed by atoms with Gasteiger partial charge in [0, 0.05) is 17.8 Å². The summed E-state index contributed by atoms with van der Waals surface area (Å²) >= 11 is 1.27. The quantitative estimate of drug-likeness (QED) is 0.913. The van der Waals surface area contributed by atoms with Crippen molar-refractivity contribution in [2.45, 2.75) is 24.6 Å². The zero-order valence-corrected chi connectivity index (χ0v) is 10.8. The van der Waals surface area contributed by atoms with E-state index in [0.29, 0.717) is 29.4 Å². The van der Waals surface area contributed by atoms with Crippen molar-refractivity contribution in [2.24, 2.45) is 0 Å². The molecule has 1 fully saturated rings. The molecule has 20 heavy (non-hydrogen) atoms. The Morgan fingerprint density at radius 2 is 2.20 bits per heavy atom. The summed E-state index contributed by atoms with van der Waals surface area (Å²) in [4.78, 5) is 22.2. The SMILES string of the molecule is O=C(NC1(c2csc(-c3ncc[nH]3)n2)CC1)C(F)(F)F. The van der Waals surface area contributed by atoms with Gasteiger partial charge in [0.05, 0.1) is 11.2 Å². The summed E-state index contributed by atoms with van der Waals surface area (Å²) in [5.74, 6) is -1.37. The van der Waals surface area contributed by atoms with Gasteiger partial charge in [-0.15, -0.1) is 11.3 Å². The summed E-state index contributed by atoms with van der Waals surface area (Å²) in [6.07, 6.45) is -0.773. The van der Waals surface area contributed by atoms with Crippen LogP contribution in [0, 0.1) is 0 Å². The summed E-state index contributed by atoms with van der Waals surface area (Å²) in [5, 5.41) is 4.27. The molecule has 1 aliphatic rings. The molecule has 106 valence electrons. The van der Waals surface area contributed by atoms with E-state index in [0.717, 1.165) is 0 Å². The van der Waals surface area contributed by atoms with Crippen molar-refractivity contribution in [1.82, 2.24) is 20.3 Å². The Kier molecular flexibility index (Phi) is 2.82. The number of imidazole rings is 1. The van der Waals surface area contributed by atoms with Gasteiger partial charge in [-0.3, -0.25) is 4.79 Å². The minimum Gasteiger partial charge on any atom is -0.343 e. The highest BCUT2D eigenvalue weighted by molar-refractivity contribution is 7.13. The molecule has 2 aromatic heterocycles. The highest BCUT2D eigenvalue weighted by atomic mass is 32.1. The molecule has 5 nitrogen and oxygen atoms in total. The molecule has 0 aliphatic heterocycles. The van der Waals surface area contributed by atoms with Gasteiger partial charge in [-0.1, -0.05) is 0 Å². The van der Waals surface area contributed by atoms with Crippen LogP contribution in [0.2, 0.25) is 0 Å². The summed E-state index contributed by atoms with van der Waals surface area (Å²) in [5.41, 5.74) is -0.528. The smallest absolute Gasteiger partial charge is 0.343 e. The zero-order valence-electron chi connectivity index (χ0n) is 9.99. The van der Waals surface area contributed by atoms with Crippen LogP contribution in [-0.4, -0.2) is 27.0 Å². The first kappa shape index (κ1) is 13.1. The fourth-order valence-corrected chi connectivity index (χ4v) is 2.72. The summed E-state index contributed by atoms with van der Waals surface area (Å²) in [7, 11) is 0. The van der Waals surface area contributed by atoms with Crippen LogP contribution in [0.3, 0.4) is 0 Å². The molecule has 0 atom stereocenters. The number of carbonyl (C=O) groups is 1. The lowest BCUT2D eigenvalue weighted by molar-refractivity contribution is -0.174. The lowest BCUT2D eigenvalue weighted by atomic mass is 10.2. The first-order valence-corrected chi connectivity index (χ1v) is 6.64. The second-order valence-corrected chi connectivity index (χ2v) is 5.37. The maximum Gasteiger partial charge on any atom is 0.471 e. The lowest BCUT2D eigenvalue weighted by Gasteiger charge is -2.16. The van der Waals surface area contributed by atoms with Crippen LogP contribution in [0.1, 0.15) is 18.5 Å². The predicted octanol–water partition coefficient (Wildman–Crippen LogP) is 2.20. The number of hydrogen-bond acceptors (Lipinski definition) is 4. The molecule has 0 saturated heterocycles. The topological polar surface area (TPSA) is 70.7 Å². The molecule has 2 heterocycles. The van der Waals surface area contributed by atoms with Gasteiger partial charge in [0.2, 0.25) is 0 Å². The molecule has 1 aliphatic carbocycles. The van der Waals surface area contributed by atoms with Crippen molar-refractivity contribution in [3.05, 3.63) is 23.5 Å². The van der Waals surface area contributed by atoms with Gasteiger partial charge in [0.1, 0.15) is 0 Å². The van der Waals surface area contributed by atoms with Gasteiger partial charge in [0.25, 0.3) is 0 Å². The van der Waals surface area contributed by atoms with Gasteiger partial charge in [0.15, 0.2) is 10.8 Å². The number of nitrogens with one attached hydrogen (secondary N) is 2. The first-order valence-electron chi connectivity index (χ1n) is 5.76. The number of aromatic amines is 1. The van der Waals surface area contributed by atoms with Gasteiger partial charge in [-0.05, 0) is 12.8 Å². The zero-order chi connectivity index (χ0) is 14.4. The molecule has 2 N–H and O–H groups in total. The molecular formula is C11H9F3N4OS. The number of alkyl halides is 3. The number of hydrogen-bond donors (Lipinski definition) is 2. The third kappa shape index (κ3) is 2.28. The molecule has 0 unspecified atom stereocenters. The van der Waals surface area contributed by atoms with Gasteiger partial charge < -0.3 is 10.3 Å². The minimum atomic E-state index is -4.88. The molecule has 0 bridgehead atoms. The van der Waals surface area contributed by atoms with Crippen LogP contribution >= 0.6 is 11.3 Å². The summed E-state index contributed by atoms with van der Waals surface area (Å²) in [6, 6.07) is 0.